The Hall–Kier alpha value is -3.99. The molecule has 1 saturated heterocycles. The number of fused-ring (bicyclic) bond motifs is 1. The number of rotatable bonds is 4. The predicted octanol–water partition coefficient (Wildman–Crippen LogP) is 2.59. The molecule has 3 aromatic heterocycles. The topological polar surface area (TPSA) is 103 Å². The van der Waals surface area contributed by atoms with Crippen molar-refractivity contribution in [2.24, 2.45) is 0 Å². The molecule has 0 bridgehead atoms. The van der Waals surface area contributed by atoms with E-state index in [9.17, 15) is 10.1 Å². The molecule has 1 amide bonds. The second-order valence-electron chi connectivity index (χ2n) is 7.22. The zero-order valence-corrected chi connectivity index (χ0v) is 15.5. The van der Waals surface area contributed by atoms with Gasteiger partial charge in [0.25, 0.3) is 5.91 Å². The van der Waals surface area contributed by atoms with Gasteiger partial charge in [0.1, 0.15) is 17.5 Å². The molecule has 1 fully saturated rings. The summed E-state index contributed by atoms with van der Waals surface area (Å²) in [5.74, 6) is -0.0311. The molecular weight excluding hydrogens is 366 g/mol. The summed E-state index contributed by atoms with van der Waals surface area (Å²) >= 11 is 0. The molecule has 4 aromatic rings. The number of nitriles is 1. The third-order valence-corrected chi connectivity index (χ3v) is 5.38. The maximum absolute atomic E-state index is 12.7. The van der Waals surface area contributed by atoms with E-state index in [4.69, 9.17) is 0 Å². The Morgan fingerprint density at radius 2 is 2.03 bits per heavy atom. The molecule has 0 saturated carbocycles. The van der Waals surface area contributed by atoms with Gasteiger partial charge < -0.3 is 9.88 Å². The lowest BCUT2D eigenvalue weighted by Crippen LogP contribution is -2.64. The molecule has 1 N–H and O–H groups in total. The van der Waals surface area contributed by atoms with Crippen LogP contribution in [-0.2, 0) is 5.54 Å². The largest absolute Gasteiger partial charge is 0.346 e. The molecule has 0 unspecified atom stereocenters. The molecule has 1 aromatic carbocycles. The van der Waals surface area contributed by atoms with Crippen LogP contribution in [0.15, 0.2) is 61.3 Å². The SMILES string of the molecule is N#CCC1(n2cc(-c3ncnc4[nH]ccc34)cn2)CN(C(=O)c2ccccc2)C1. The predicted molar refractivity (Wildman–Crippen MR) is 106 cm³/mol. The number of nitrogens with zero attached hydrogens (tertiary/aromatic N) is 6. The fraction of sp³-hybridized carbons (Fsp3) is 0.190. The molecule has 0 radical (unpaired) electrons. The van der Waals surface area contributed by atoms with Crippen molar-refractivity contribution in [1.82, 2.24) is 29.6 Å². The summed E-state index contributed by atoms with van der Waals surface area (Å²) < 4.78 is 1.81. The summed E-state index contributed by atoms with van der Waals surface area (Å²) in [6.07, 6.45) is 7.26. The summed E-state index contributed by atoms with van der Waals surface area (Å²) in [6, 6.07) is 13.4. The average molecular weight is 383 g/mol. The monoisotopic (exact) mass is 383 g/mol. The van der Waals surface area contributed by atoms with E-state index in [-0.39, 0.29) is 12.3 Å². The summed E-state index contributed by atoms with van der Waals surface area (Å²) in [7, 11) is 0. The van der Waals surface area contributed by atoms with E-state index >= 15 is 0 Å². The van der Waals surface area contributed by atoms with Gasteiger partial charge in [-0.25, -0.2) is 9.97 Å². The van der Waals surface area contributed by atoms with Crippen molar-refractivity contribution in [2.45, 2.75) is 12.0 Å². The third-order valence-electron chi connectivity index (χ3n) is 5.38. The number of amides is 1. The second-order valence-corrected chi connectivity index (χ2v) is 7.22. The molecule has 0 spiro atoms. The molecular formula is C21H17N7O. The van der Waals surface area contributed by atoms with E-state index < -0.39 is 5.54 Å². The van der Waals surface area contributed by atoms with Crippen LogP contribution >= 0.6 is 0 Å². The number of likely N-dealkylation sites (tertiary alicyclic amines) is 1. The highest BCUT2D eigenvalue weighted by atomic mass is 16.2. The highest BCUT2D eigenvalue weighted by molar-refractivity contribution is 5.95. The Bertz CT molecular complexity index is 1230. The van der Waals surface area contributed by atoms with Crippen LogP contribution in [0, 0.1) is 11.3 Å². The molecule has 0 atom stereocenters. The van der Waals surface area contributed by atoms with E-state index in [1.165, 1.54) is 6.33 Å². The van der Waals surface area contributed by atoms with Gasteiger partial charge in [-0.3, -0.25) is 9.48 Å². The number of carbonyl (C=O) groups excluding carboxylic acids is 1. The number of hydrogen-bond acceptors (Lipinski definition) is 5. The smallest absolute Gasteiger partial charge is 0.254 e. The van der Waals surface area contributed by atoms with Crippen LogP contribution in [0.25, 0.3) is 22.3 Å². The lowest BCUT2D eigenvalue weighted by molar-refractivity contribution is 0.00858. The third kappa shape index (κ3) is 2.75. The Balaban J connectivity index is 1.43. The van der Waals surface area contributed by atoms with Gasteiger partial charge in [0.2, 0.25) is 0 Å². The van der Waals surface area contributed by atoms with Crippen LogP contribution in [0.3, 0.4) is 0 Å². The quantitative estimate of drug-likeness (QED) is 0.583. The minimum atomic E-state index is -0.526. The number of aromatic amines is 1. The number of aromatic nitrogens is 5. The zero-order valence-electron chi connectivity index (χ0n) is 15.5. The van der Waals surface area contributed by atoms with Crippen LogP contribution in [-0.4, -0.2) is 48.6 Å². The number of benzene rings is 1. The van der Waals surface area contributed by atoms with E-state index in [1.54, 1.807) is 27.9 Å². The maximum atomic E-state index is 12.7. The van der Waals surface area contributed by atoms with Crippen molar-refractivity contribution < 1.29 is 4.79 Å². The number of hydrogen-bond donors (Lipinski definition) is 1. The molecule has 142 valence electrons. The Morgan fingerprint density at radius 1 is 1.21 bits per heavy atom. The zero-order chi connectivity index (χ0) is 19.8. The van der Waals surface area contributed by atoms with Crippen LogP contribution in [0.1, 0.15) is 16.8 Å². The first-order valence-electron chi connectivity index (χ1n) is 9.25. The van der Waals surface area contributed by atoms with Gasteiger partial charge >= 0.3 is 0 Å². The van der Waals surface area contributed by atoms with Crippen molar-refractivity contribution in [2.75, 3.05) is 13.1 Å². The first-order valence-corrected chi connectivity index (χ1v) is 9.25. The summed E-state index contributed by atoms with van der Waals surface area (Å²) in [4.78, 5) is 26.1. The van der Waals surface area contributed by atoms with Gasteiger partial charge in [0.15, 0.2) is 0 Å². The van der Waals surface area contributed by atoms with Gasteiger partial charge in [-0.05, 0) is 18.2 Å². The van der Waals surface area contributed by atoms with E-state index in [0.29, 0.717) is 18.7 Å². The maximum Gasteiger partial charge on any atom is 0.254 e. The van der Waals surface area contributed by atoms with Crippen LogP contribution in [0.4, 0.5) is 0 Å². The first kappa shape index (κ1) is 17.1. The molecule has 1 aliphatic heterocycles. The van der Waals surface area contributed by atoms with Crippen LogP contribution < -0.4 is 0 Å². The van der Waals surface area contributed by atoms with Gasteiger partial charge in [-0.15, -0.1) is 0 Å². The van der Waals surface area contributed by atoms with Crippen molar-refractivity contribution in [3.63, 3.8) is 0 Å². The molecule has 8 nitrogen and oxygen atoms in total. The van der Waals surface area contributed by atoms with E-state index in [2.05, 4.69) is 26.1 Å². The highest BCUT2D eigenvalue weighted by Gasteiger charge is 2.47. The van der Waals surface area contributed by atoms with Gasteiger partial charge in [0.05, 0.1) is 24.4 Å². The number of nitrogens with one attached hydrogen (secondary N) is 1. The average Bonchev–Trinajstić information content (AvgIpc) is 3.40. The van der Waals surface area contributed by atoms with Crippen molar-refractivity contribution in [3.05, 3.63) is 66.9 Å². The molecule has 5 rings (SSSR count). The Kier molecular flexibility index (Phi) is 3.88. The Labute approximate surface area is 166 Å². The van der Waals surface area contributed by atoms with Gasteiger partial charge in [-0.1, -0.05) is 18.2 Å². The standard InChI is InChI=1S/C21H17N7O/c22-8-7-21(12-27(13-21)20(29)15-4-2-1-3-5-15)28-11-16(10-26-28)18-17-6-9-23-19(17)25-14-24-18/h1-6,9-11,14H,7,12-13H2,(H,23,24,25). The van der Waals surface area contributed by atoms with Crippen molar-refractivity contribution >= 4 is 16.9 Å². The summed E-state index contributed by atoms with van der Waals surface area (Å²) in [6.45, 7) is 0.886. The van der Waals surface area contributed by atoms with Crippen molar-refractivity contribution in [3.8, 4) is 17.3 Å². The molecule has 8 heteroatoms. The Morgan fingerprint density at radius 3 is 2.83 bits per heavy atom. The molecule has 0 aliphatic carbocycles. The van der Waals surface area contributed by atoms with E-state index in [0.717, 1.165) is 22.3 Å². The highest BCUT2D eigenvalue weighted by Crippen LogP contribution is 2.35. The molecule has 4 heterocycles. The minimum absolute atomic E-state index is 0.0311. The van der Waals surface area contributed by atoms with Crippen LogP contribution in [0.5, 0.6) is 0 Å². The summed E-state index contributed by atoms with van der Waals surface area (Å²) in [5, 5.41) is 14.8. The number of carbonyl (C=O) groups is 1. The van der Waals surface area contributed by atoms with Gasteiger partial charge in [0, 0.05) is 42.0 Å². The lowest BCUT2D eigenvalue weighted by atomic mass is 9.86. The first-order chi connectivity index (χ1) is 14.2. The van der Waals surface area contributed by atoms with Crippen molar-refractivity contribution in [1.29, 1.82) is 5.26 Å². The fourth-order valence-corrected chi connectivity index (χ4v) is 3.86. The molecule has 29 heavy (non-hydrogen) atoms. The van der Waals surface area contributed by atoms with Gasteiger partial charge in [-0.2, -0.15) is 10.4 Å². The minimum Gasteiger partial charge on any atom is -0.346 e. The normalized spacial score (nSPS) is 15.1. The lowest BCUT2D eigenvalue weighted by Gasteiger charge is -2.49. The van der Waals surface area contributed by atoms with Crippen LogP contribution in [0.2, 0.25) is 0 Å². The van der Waals surface area contributed by atoms with E-state index in [1.807, 2.05) is 36.7 Å². The number of H-pyrrole nitrogens is 1. The second kappa shape index (κ2) is 6.56. The molecule has 1 aliphatic rings. The fourth-order valence-electron chi connectivity index (χ4n) is 3.86. The summed E-state index contributed by atoms with van der Waals surface area (Å²) in [5.41, 5.74) is 2.52.